The first-order valence-electron chi connectivity index (χ1n) is 15.6. The maximum atomic E-state index is 11.6. The Kier molecular flexibility index (Phi) is 11.6. The molecule has 49 heavy (non-hydrogen) atoms. The maximum Gasteiger partial charge on any atom is 0.303 e. The molecule has 13 heteroatoms. The summed E-state index contributed by atoms with van der Waals surface area (Å²) in [5.41, 5.74) is 8.16. The van der Waals surface area contributed by atoms with Gasteiger partial charge in [0, 0.05) is 53.0 Å². The van der Waals surface area contributed by atoms with Gasteiger partial charge in [-0.3, -0.25) is 19.2 Å². The van der Waals surface area contributed by atoms with Crippen LogP contribution in [0, 0.1) is 27.7 Å². The molecule has 0 saturated carbocycles. The zero-order valence-corrected chi connectivity index (χ0v) is 31.9. The van der Waals surface area contributed by atoms with Crippen molar-refractivity contribution in [3.8, 4) is 0 Å². The summed E-state index contributed by atoms with van der Waals surface area (Å²) >= 11 is 0. The van der Waals surface area contributed by atoms with Crippen LogP contribution in [0.25, 0.3) is 24.3 Å². The molecule has 4 N–H and O–H groups in total. The number of hydrogen-bond donors (Lipinski definition) is 4. The van der Waals surface area contributed by atoms with Crippen molar-refractivity contribution < 1.29 is 66.9 Å². The van der Waals surface area contributed by atoms with Crippen molar-refractivity contribution in [1.29, 1.82) is 0 Å². The molecule has 1 aliphatic rings. The minimum absolute atomic E-state index is 0. The summed E-state index contributed by atoms with van der Waals surface area (Å²) in [5, 5.41) is 40.1. The van der Waals surface area contributed by atoms with E-state index < -0.39 is 23.9 Å². The Morgan fingerprint density at radius 3 is 1.02 bits per heavy atom. The van der Waals surface area contributed by atoms with Gasteiger partial charge in [0.2, 0.25) is 0 Å². The van der Waals surface area contributed by atoms with E-state index >= 15 is 0 Å². The summed E-state index contributed by atoms with van der Waals surface area (Å²) in [6, 6.07) is 0. The second kappa shape index (κ2) is 15.3. The molecule has 4 aromatic heterocycles. The molecule has 0 amide bonds. The van der Waals surface area contributed by atoms with Gasteiger partial charge in [-0.1, -0.05) is 68.8 Å². The zero-order valence-electron chi connectivity index (χ0n) is 27.9. The summed E-state index contributed by atoms with van der Waals surface area (Å²) in [6.45, 7) is 7.43. The molecule has 5 heterocycles. The molecule has 0 aromatic carbocycles. The van der Waals surface area contributed by atoms with E-state index in [0.29, 0.717) is 44.2 Å². The molecule has 0 atom stereocenters. The smallest absolute Gasteiger partial charge is 0.303 e. The van der Waals surface area contributed by atoms with E-state index in [9.17, 15) is 39.6 Å². The van der Waals surface area contributed by atoms with Crippen molar-refractivity contribution in [3.05, 3.63) is 88.7 Å². The standard InChI is InChI=1S/C36H36N4O8.Cd/c1-17-21(5-9-33(41)42)29-14-26-19(3)23(7-11-35(45)46)31(39-26)16-28-20(4)24(8-12-36(47)48)32(40-28)15-27-18(2)22(6-10-34(43)44)30(38-27)13-25(17)37-29;/h13-16H,5-12H2,1-4H3,(H,41,42)(H,43,44)(H,45,46)(H,47,48);/q-4;/b25-13-,26-14?,27-15?,28-16-,29-14-,30-13?,31-16?,32-15-;. The molecular formula is C36H36CdN4O8-4. The molecule has 0 saturated heterocycles. The Labute approximate surface area is 301 Å². The molecule has 0 aliphatic carbocycles. The first-order chi connectivity index (χ1) is 22.7. The molecule has 1 aliphatic heterocycles. The molecule has 254 valence electrons. The van der Waals surface area contributed by atoms with Crippen LogP contribution in [0.1, 0.15) is 93.0 Å². The first kappa shape index (κ1) is 37.2. The molecule has 0 unspecified atom stereocenters. The van der Waals surface area contributed by atoms with Gasteiger partial charge in [-0.05, 0) is 53.4 Å². The Morgan fingerprint density at radius 2 is 0.714 bits per heavy atom. The van der Waals surface area contributed by atoms with Crippen LogP contribution in [0.4, 0.5) is 0 Å². The maximum absolute atomic E-state index is 11.6. The van der Waals surface area contributed by atoms with Crippen LogP contribution < -0.4 is 41.3 Å². The van der Waals surface area contributed by atoms with Crippen LogP contribution >= 0.6 is 0 Å². The number of aliphatic carboxylic acids is 4. The molecule has 0 fully saturated rings. The van der Waals surface area contributed by atoms with Crippen LogP contribution in [0.15, 0.2) is 0 Å². The number of carbonyl (C=O) groups is 4. The summed E-state index contributed by atoms with van der Waals surface area (Å²) in [6.07, 6.45) is 7.54. The van der Waals surface area contributed by atoms with Gasteiger partial charge in [0.15, 0.2) is 0 Å². The summed E-state index contributed by atoms with van der Waals surface area (Å²) in [7, 11) is 0. The molecule has 12 nitrogen and oxygen atoms in total. The fraction of sp³-hybridized carbons (Fsp3) is 0.333. The molecule has 0 radical (unpaired) electrons. The van der Waals surface area contributed by atoms with Crippen molar-refractivity contribution in [3.63, 3.8) is 0 Å². The number of nitrogens with zero attached hydrogens (tertiary/aromatic N) is 4. The Bertz CT molecular complexity index is 2060. The van der Waals surface area contributed by atoms with E-state index in [1.54, 1.807) is 24.3 Å². The van der Waals surface area contributed by atoms with Crippen molar-refractivity contribution in [2.24, 2.45) is 0 Å². The molecular weight excluding hydrogens is 729 g/mol. The molecule has 5 rings (SSSR count). The Hall–Kier alpha value is -4.60. The Balaban J connectivity index is 0.00000541. The van der Waals surface area contributed by atoms with Crippen LogP contribution in [0.5, 0.6) is 0 Å². The third-order valence-corrected chi connectivity index (χ3v) is 9.00. The van der Waals surface area contributed by atoms with Crippen molar-refractivity contribution in [2.75, 3.05) is 0 Å². The monoisotopic (exact) mass is 766 g/mol. The van der Waals surface area contributed by atoms with Gasteiger partial charge in [-0.25, -0.2) is 0 Å². The van der Waals surface area contributed by atoms with E-state index in [4.69, 9.17) is 19.9 Å². The van der Waals surface area contributed by atoms with Gasteiger partial charge in [0.25, 0.3) is 0 Å². The number of carboxylic acid groups (broad SMARTS) is 4. The summed E-state index contributed by atoms with van der Waals surface area (Å²) in [5.74, 6) is -3.82. The largest absolute Gasteiger partial charge is 0.657 e. The number of hydrogen-bond acceptors (Lipinski definition) is 4. The SMILES string of the molecule is Cc1c2[n-]c(c1CCC(=O)O)/C=c1\[n-]/c(c(CCC(=O)O)c1C)=C\c1[n-]c(c(CCC(=O)O)c1C)/C=c1\[n-]/c(c(CCC(=O)O)c1C)=C\2.[Cd]. The quantitative estimate of drug-likeness (QED) is 0.128. The predicted octanol–water partition coefficient (Wildman–Crippen LogP) is 0.444. The molecule has 4 aromatic rings. The fourth-order valence-electron chi connectivity index (χ4n) is 6.26. The molecule has 8 bridgehead atoms. The van der Waals surface area contributed by atoms with Gasteiger partial charge in [-0.2, -0.15) is 0 Å². The van der Waals surface area contributed by atoms with Gasteiger partial charge >= 0.3 is 23.9 Å². The zero-order chi connectivity index (χ0) is 34.9. The topological polar surface area (TPSA) is 206 Å². The average molecular weight is 765 g/mol. The fourth-order valence-corrected chi connectivity index (χ4v) is 6.26. The van der Waals surface area contributed by atoms with Crippen molar-refractivity contribution in [2.45, 2.75) is 79.1 Å². The van der Waals surface area contributed by atoms with Crippen LogP contribution in [-0.2, 0) is 72.2 Å². The second-order valence-corrected chi connectivity index (χ2v) is 12.1. The first-order valence-corrected chi connectivity index (χ1v) is 15.6. The van der Waals surface area contributed by atoms with Gasteiger partial charge < -0.3 is 40.4 Å². The third-order valence-electron chi connectivity index (χ3n) is 9.00. The number of fused-ring (bicyclic) bond motifs is 8. The second-order valence-electron chi connectivity index (χ2n) is 12.1. The van der Waals surface area contributed by atoms with E-state index in [1.165, 1.54) is 0 Å². The van der Waals surface area contributed by atoms with Crippen LogP contribution in [0.3, 0.4) is 0 Å². The minimum Gasteiger partial charge on any atom is -0.657 e. The summed E-state index contributed by atoms with van der Waals surface area (Å²) < 4.78 is 0. The number of carboxylic acids is 4. The van der Waals surface area contributed by atoms with Crippen molar-refractivity contribution >= 4 is 48.2 Å². The van der Waals surface area contributed by atoms with E-state index in [0.717, 1.165) is 44.5 Å². The number of aromatic nitrogens is 4. The van der Waals surface area contributed by atoms with E-state index in [2.05, 4.69) is 0 Å². The average Bonchev–Trinajstić information content (AvgIpc) is 3.66. The van der Waals surface area contributed by atoms with Gasteiger partial charge in [0.05, 0.1) is 0 Å². The Morgan fingerprint density at radius 1 is 0.429 bits per heavy atom. The molecule has 0 spiro atoms. The van der Waals surface area contributed by atoms with E-state index in [-0.39, 0.29) is 78.7 Å². The normalized spacial score (nSPS) is 14.6. The summed E-state index contributed by atoms with van der Waals surface area (Å²) in [4.78, 5) is 65.9. The number of rotatable bonds is 12. The van der Waals surface area contributed by atoms with Gasteiger partial charge in [0.1, 0.15) is 0 Å². The van der Waals surface area contributed by atoms with Gasteiger partial charge in [-0.15, -0.1) is 44.2 Å². The third kappa shape index (κ3) is 8.17. The van der Waals surface area contributed by atoms with E-state index in [1.807, 2.05) is 27.7 Å². The van der Waals surface area contributed by atoms with Crippen molar-refractivity contribution in [1.82, 2.24) is 19.9 Å². The van der Waals surface area contributed by atoms with Crippen LogP contribution in [0.2, 0.25) is 0 Å². The van der Waals surface area contributed by atoms with Crippen LogP contribution in [-0.4, -0.2) is 44.3 Å². The minimum atomic E-state index is -0.954. The predicted molar refractivity (Wildman–Crippen MR) is 175 cm³/mol.